The molecule has 3 nitrogen and oxygen atoms in total. The summed E-state index contributed by atoms with van der Waals surface area (Å²) in [5, 5.41) is 2.25. The van der Waals surface area contributed by atoms with Gasteiger partial charge in [-0.25, -0.2) is 0 Å². The molecule has 0 bridgehead atoms. The van der Waals surface area contributed by atoms with Gasteiger partial charge < -0.3 is 4.57 Å². The van der Waals surface area contributed by atoms with Gasteiger partial charge in [-0.15, -0.1) is 17.7 Å². The first-order chi connectivity index (χ1) is 29.3. The van der Waals surface area contributed by atoms with Crippen LogP contribution in [-0.4, -0.2) is 25.2 Å². The topological polar surface area (TPSA) is 29.4 Å². The van der Waals surface area contributed by atoms with Gasteiger partial charge in [-0.2, -0.15) is 18.6 Å². The maximum absolute atomic E-state index is 6.79. The zero-order chi connectivity index (χ0) is 41.3. The van der Waals surface area contributed by atoms with E-state index in [-0.39, 0.29) is 20.1 Å². The summed E-state index contributed by atoms with van der Waals surface area (Å²) < 4.78 is 12.9. The number of aromatic nitrogens is 1. The molecule has 9 aromatic rings. The molecule has 61 heavy (non-hydrogen) atoms. The van der Waals surface area contributed by atoms with Gasteiger partial charge in [-0.05, 0) is 0 Å². The minimum Gasteiger partial charge on any atom is -0.343 e. The SMILES string of the molecule is CC(C)c1cc(-c2ccccc2)cc(C(C)C)[c]1[Bi]1[C](c2[c-]ccc3c2oc2cc(-c4ccccc4)ccc23)=Nc2cccc[c]21.[CH2-]c1ccccc1-c1cccc[n+]1[CH2-].[Ir+3]. The molecule has 0 N–H and O–H groups in total. The van der Waals surface area contributed by atoms with Crippen LogP contribution in [0.4, 0.5) is 5.69 Å². The van der Waals surface area contributed by atoms with Crippen molar-refractivity contribution in [2.24, 2.45) is 4.99 Å². The fraction of sp³-hybridized carbons (Fsp3) is 0.107. The van der Waals surface area contributed by atoms with Crippen molar-refractivity contribution in [1.29, 1.82) is 0 Å². The van der Waals surface area contributed by atoms with Gasteiger partial charge in [0.25, 0.3) is 0 Å². The summed E-state index contributed by atoms with van der Waals surface area (Å²) in [7, 11) is 3.93. The number of nitrogens with zero attached hydrogens (tertiary/aromatic N) is 2. The summed E-state index contributed by atoms with van der Waals surface area (Å²) in [5.74, 6) is 0.755. The van der Waals surface area contributed by atoms with Crippen molar-refractivity contribution in [2.75, 3.05) is 0 Å². The normalized spacial score (nSPS) is 12.3. The molecule has 5 heteroatoms. The first-order valence-electron chi connectivity index (χ1n) is 20.6. The maximum Gasteiger partial charge on any atom is 3.00 e. The Balaban J connectivity index is 0.000000291. The molecule has 3 heterocycles. The fourth-order valence-electron chi connectivity index (χ4n) is 8.24. The molecule has 0 spiro atoms. The Bertz CT molecular complexity index is 2950. The second-order valence-corrected chi connectivity index (χ2v) is 23.8. The van der Waals surface area contributed by atoms with Crippen LogP contribution < -0.4 is 11.1 Å². The summed E-state index contributed by atoms with van der Waals surface area (Å²) >= 11 is -2.97. The van der Waals surface area contributed by atoms with E-state index in [9.17, 15) is 0 Å². The Kier molecular flexibility index (Phi) is 12.6. The standard InChI is InChI=1S/C25H14NO.C18H21.C13H12N.Bi.Ir/c1-3-8-18(9-4-1)19-14-15-22-23-13-7-10-20(25(23)27-24(22)16-19)17-26-21-11-5-2-6-12-21;1-13(2)16-10-17(14(3)4)12-18(11-16)15-8-6-5-7-9-15;1-11-7-3-4-8-12(11)13-9-5-6-10-14(13)2;;/h1-9,11,13-16H;5-9,11-14H,1-4H3;3-10H,1-2H2;;/q-1;;-1;;+3. The molecule has 0 amide bonds. The third kappa shape index (κ3) is 8.28. The molecular weight excluding hydrogens is 1120 g/mol. The van der Waals surface area contributed by atoms with Crippen molar-refractivity contribution >= 4 is 59.3 Å². The van der Waals surface area contributed by atoms with Gasteiger partial charge in [0.05, 0.1) is 11.9 Å². The molecule has 1 aliphatic heterocycles. The molecule has 0 fully saturated rings. The largest absolute Gasteiger partial charge is 3.00 e. The molecule has 0 atom stereocenters. The summed E-state index contributed by atoms with van der Waals surface area (Å²) in [6.45, 7) is 13.4. The molecule has 10 rings (SSSR count). The summed E-state index contributed by atoms with van der Waals surface area (Å²) in [4.78, 5) is 5.46. The van der Waals surface area contributed by atoms with Gasteiger partial charge in [0.15, 0.2) is 0 Å². The number of rotatable bonds is 7. The van der Waals surface area contributed by atoms with E-state index in [0.29, 0.717) is 11.8 Å². The van der Waals surface area contributed by atoms with Crippen molar-refractivity contribution < 1.29 is 29.1 Å². The predicted molar refractivity (Wildman–Crippen MR) is 253 cm³/mol. The van der Waals surface area contributed by atoms with E-state index in [1.54, 1.807) is 3.27 Å². The van der Waals surface area contributed by atoms with Crippen molar-refractivity contribution in [1.82, 2.24) is 0 Å². The molecule has 7 aromatic carbocycles. The Labute approximate surface area is 381 Å². The first-order valence-corrected chi connectivity index (χ1v) is 25.8. The van der Waals surface area contributed by atoms with Crippen LogP contribution >= 0.6 is 0 Å². The van der Waals surface area contributed by atoms with E-state index >= 15 is 0 Å². The summed E-state index contributed by atoms with van der Waals surface area (Å²) in [6, 6.07) is 63.6. The van der Waals surface area contributed by atoms with Gasteiger partial charge in [-0.1, -0.05) is 24.3 Å². The van der Waals surface area contributed by atoms with E-state index < -0.39 is 21.8 Å². The zero-order valence-electron chi connectivity index (χ0n) is 34.9. The third-order valence-electron chi connectivity index (χ3n) is 11.3. The second kappa shape index (κ2) is 18.2. The van der Waals surface area contributed by atoms with Crippen LogP contribution in [0.15, 0.2) is 185 Å². The number of fused-ring (bicyclic) bond motifs is 4. The van der Waals surface area contributed by atoms with Gasteiger partial charge >= 0.3 is 301 Å². The van der Waals surface area contributed by atoms with Gasteiger partial charge in [-0.3, -0.25) is 0 Å². The second-order valence-electron chi connectivity index (χ2n) is 15.9. The van der Waals surface area contributed by atoms with Crippen LogP contribution in [0, 0.1) is 20.0 Å². The van der Waals surface area contributed by atoms with E-state index in [1.807, 2.05) is 47.2 Å². The number of benzene rings is 7. The summed E-state index contributed by atoms with van der Waals surface area (Å²) in [6.07, 6.45) is 1.93. The fourth-order valence-corrected chi connectivity index (χ4v) is 20.0. The number of para-hydroxylation sites is 1. The Morgan fingerprint density at radius 2 is 1.25 bits per heavy atom. The molecule has 2 aromatic heterocycles. The Morgan fingerprint density at radius 1 is 0.623 bits per heavy atom. The minimum absolute atomic E-state index is 0. The van der Waals surface area contributed by atoms with Gasteiger partial charge in [0.2, 0.25) is 0 Å². The van der Waals surface area contributed by atoms with Crippen LogP contribution in [0.1, 0.15) is 61.8 Å². The number of hydrogen-bond acceptors (Lipinski definition) is 2. The van der Waals surface area contributed by atoms with E-state index in [2.05, 4.69) is 181 Å². The van der Waals surface area contributed by atoms with E-state index in [1.165, 1.54) is 34.5 Å². The van der Waals surface area contributed by atoms with E-state index in [0.717, 1.165) is 55.6 Å². The predicted octanol–water partition coefficient (Wildman–Crippen LogP) is 12.7. The molecule has 0 radical (unpaired) electrons. The Hall–Kier alpha value is -5.57. The molecule has 1 aliphatic rings. The van der Waals surface area contributed by atoms with Crippen LogP contribution in [0.2, 0.25) is 0 Å². The van der Waals surface area contributed by atoms with Gasteiger partial charge in [0.1, 0.15) is 0 Å². The van der Waals surface area contributed by atoms with Crippen molar-refractivity contribution in [3.63, 3.8) is 0 Å². The molecule has 0 aliphatic carbocycles. The average molecular weight is 1170 g/mol. The number of aliphatic imine (C=N–C) groups is 1. The van der Waals surface area contributed by atoms with Crippen LogP contribution in [0.5, 0.6) is 0 Å². The monoisotopic (exact) mass is 1170 g/mol. The molecule has 0 saturated carbocycles. The number of furan rings is 1. The molecule has 300 valence electrons. The van der Waals surface area contributed by atoms with Crippen molar-refractivity contribution in [3.05, 3.63) is 218 Å². The average Bonchev–Trinajstić information content (AvgIpc) is 3.85. The van der Waals surface area contributed by atoms with Crippen molar-refractivity contribution in [3.8, 4) is 33.5 Å². The number of hydrogen-bond donors (Lipinski definition) is 0. The zero-order valence-corrected chi connectivity index (χ0v) is 40.8. The van der Waals surface area contributed by atoms with Crippen LogP contribution in [-0.2, 0) is 20.1 Å². The maximum atomic E-state index is 6.79. The van der Waals surface area contributed by atoms with Crippen LogP contribution in [0.25, 0.3) is 55.4 Å². The molecular formula is C56H47BiIrN2O+. The van der Waals surface area contributed by atoms with Gasteiger partial charge in [0, 0.05) is 7.05 Å². The molecule has 0 saturated heterocycles. The van der Waals surface area contributed by atoms with E-state index in [4.69, 9.17) is 9.41 Å². The van der Waals surface area contributed by atoms with Crippen molar-refractivity contribution in [2.45, 2.75) is 39.5 Å². The quantitative estimate of drug-likeness (QED) is 0.0888. The summed E-state index contributed by atoms with van der Waals surface area (Å²) in [5.41, 5.74) is 15.0. The molecule has 0 unspecified atom stereocenters. The van der Waals surface area contributed by atoms with Crippen LogP contribution in [0.3, 0.4) is 0 Å². The number of pyridine rings is 1. The smallest absolute Gasteiger partial charge is 0.343 e. The minimum atomic E-state index is -2.97. The Morgan fingerprint density at radius 3 is 1.92 bits per heavy atom. The third-order valence-corrected chi connectivity index (χ3v) is 21.3. The first kappa shape index (κ1) is 42.1.